The Morgan fingerprint density at radius 3 is 2.73 bits per heavy atom. The number of aromatic amines is 1. The van der Waals surface area contributed by atoms with Crippen LogP contribution in [0.2, 0.25) is 0 Å². The molecule has 5 heteroatoms. The summed E-state index contributed by atoms with van der Waals surface area (Å²) < 4.78 is 0. The Labute approximate surface area is 130 Å². The molecule has 2 heterocycles. The average Bonchev–Trinajstić information content (AvgIpc) is 3.25. The Morgan fingerprint density at radius 2 is 2.05 bits per heavy atom. The van der Waals surface area contributed by atoms with Gasteiger partial charge in [0.15, 0.2) is 0 Å². The van der Waals surface area contributed by atoms with E-state index >= 15 is 0 Å². The van der Waals surface area contributed by atoms with Gasteiger partial charge in [0.05, 0.1) is 6.04 Å². The lowest BCUT2D eigenvalue weighted by Crippen LogP contribution is -2.32. The van der Waals surface area contributed by atoms with Gasteiger partial charge in [-0.05, 0) is 18.4 Å². The summed E-state index contributed by atoms with van der Waals surface area (Å²) in [6, 6.07) is 10.2. The summed E-state index contributed by atoms with van der Waals surface area (Å²) in [4.78, 5) is 21.6. The third-order valence-corrected chi connectivity index (χ3v) is 4.07. The van der Waals surface area contributed by atoms with Gasteiger partial charge in [0.2, 0.25) is 5.91 Å². The second-order valence-corrected chi connectivity index (χ2v) is 5.61. The number of nitrogens with zero attached hydrogens (tertiary/aromatic N) is 2. The number of imidazole rings is 1. The standard InChI is InChI=1S/C17H22N4O/c22-15(21-12-4-5-13-21)8-9-18-16(17-19-10-11-20-17)14-6-2-1-3-7-14/h1-3,6-7,10-11,16,18H,4-5,8-9,12-13H2,(H,19,20). The first-order chi connectivity index (χ1) is 10.8. The molecular formula is C17H22N4O. The zero-order valence-corrected chi connectivity index (χ0v) is 12.7. The third kappa shape index (κ3) is 3.54. The summed E-state index contributed by atoms with van der Waals surface area (Å²) in [7, 11) is 0. The van der Waals surface area contributed by atoms with E-state index in [4.69, 9.17) is 0 Å². The number of rotatable bonds is 6. The summed E-state index contributed by atoms with van der Waals surface area (Å²) in [6.07, 6.45) is 6.38. The van der Waals surface area contributed by atoms with Crippen LogP contribution in [-0.4, -0.2) is 40.4 Å². The van der Waals surface area contributed by atoms with Gasteiger partial charge in [-0.2, -0.15) is 0 Å². The first-order valence-corrected chi connectivity index (χ1v) is 7.90. The molecule has 1 aliphatic heterocycles. The Bertz CT molecular complexity index is 576. The number of hydrogen-bond donors (Lipinski definition) is 2. The molecule has 1 aromatic carbocycles. The number of carbonyl (C=O) groups is 1. The summed E-state index contributed by atoms with van der Waals surface area (Å²) >= 11 is 0. The van der Waals surface area contributed by atoms with Crippen LogP contribution in [0.1, 0.15) is 36.7 Å². The zero-order valence-electron chi connectivity index (χ0n) is 12.7. The van der Waals surface area contributed by atoms with E-state index in [1.54, 1.807) is 6.20 Å². The predicted octanol–water partition coefficient (Wildman–Crippen LogP) is 2.10. The van der Waals surface area contributed by atoms with Crippen molar-refractivity contribution in [2.24, 2.45) is 0 Å². The number of aromatic nitrogens is 2. The Kier molecular flexibility index (Phi) is 4.85. The normalized spacial score (nSPS) is 15.9. The Morgan fingerprint density at radius 1 is 1.27 bits per heavy atom. The second kappa shape index (κ2) is 7.22. The molecule has 1 unspecified atom stereocenters. The molecular weight excluding hydrogens is 276 g/mol. The van der Waals surface area contributed by atoms with Crippen molar-refractivity contribution >= 4 is 5.91 Å². The average molecular weight is 298 g/mol. The van der Waals surface area contributed by atoms with E-state index in [9.17, 15) is 4.79 Å². The second-order valence-electron chi connectivity index (χ2n) is 5.61. The molecule has 0 spiro atoms. The van der Waals surface area contributed by atoms with Crippen molar-refractivity contribution in [3.8, 4) is 0 Å². The molecule has 116 valence electrons. The molecule has 0 radical (unpaired) electrons. The van der Waals surface area contributed by atoms with E-state index in [1.165, 1.54) is 0 Å². The molecule has 1 amide bonds. The number of likely N-dealkylation sites (tertiary alicyclic amines) is 1. The smallest absolute Gasteiger partial charge is 0.223 e. The van der Waals surface area contributed by atoms with Gasteiger partial charge in [-0.25, -0.2) is 4.98 Å². The minimum atomic E-state index is -0.0115. The number of carbonyl (C=O) groups excluding carboxylic acids is 1. The van der Waals surface area contributed by atoms with Crippen molar-refractivity contribution in [3.63, 3.8) is 0 Å². The van der Waals surface area contributed by atoms with Gasteiger partial charge in [-0.1, -0.05) is 30.3 Å². The van der Waals surface area contributed by atoms with E-state index in [0.29, 0.717) is 13.0 Å². The van der Waals surface area contributed by atoms with Crippen LogP contribution in [0.3, 0.4) is 0 Å². The molecule has 22 heavy (non-hydrogen) atoms. The Hall–Kier alpha value is -2.14. The first-order valence-electron chi connectivity index (χ1n) is 7.90. The first kappa shape index (κ1) is 14.8. The highest BCUT2D eigenvalue weighted by atomic mass is 16.2. The largest absolute Gasteiger partial charge is 0.347 e. The quantitative estimate of drug-likeness (QED) is 0.858. The van der Waals surface area contributed by atoms with Crippen LogP contribution in [0, 0.1) is 0 Å². The van der Waals surface area contributed by atoms with Gasteiger partial charge in [0, 0.05) is 38.4 Å². The molecule has 1 aliphatic rings. The van der Waals surface area contributed by atoms with Crippen LogP contribution in [0.25, 0.3) is 0 Å². The fourth-order valence-corrected chi connectivity index (χ4v) is 2.90. The summed E-state index contributed by atoms with van der Waals surface area (Å²) in [6.45, 7) is 2.48. The maximum atomic E-state index is 12.1. The highest BCUT2D eigenvalue weighted by molar-refractivity contribution is 5.76. The van der Waals surface area contributed by atoms with Crippen molar-refractivity contribution < 1.29 is 4.79 Å². The number of nitrogens with one attached hydrogen (secondary N) is 2. The minimum Gasteiger partial charge on any atom is -0.347 e. The molecule has 0 saturated carbocycles. The lowest BCUT2D eigenvalue weighted by molar-refractivity contribution is -0.130. The minimum absolute atomic E-state index is 0.0115. The molecule has 3 rings (SSSR count). The van der Waals surface area contributed by atoms with Crippen molar-refractivity contribution in [1.29, 1.82) is 0 Å². The zero-order chi connectivity index (χ0) is 15.2. The fourth-order valence-electron chi connectivity index (χ4n) is 2.90. The van der Waals surface area contributed by atoms with E-state index in [2.05, 4.69) is 27.4 Å². The van der Waals surface area contributed by atoms with Gasteiger partial charge >= 0.3 is 0 Å². The fraction of sp³-hybridized carbons (Fsp3) is 0.412. The lowest BCUT2D eigenvalue weighted by atomic mass is 10.1. The van der Waals surface area contributed by atoms with Crippen LogP contribution in [0.15, 0.2) is 42.7 Å². The van der Waals surface area contributed by atoms with Gasteiger partial charge < -0.3 is 15.2 Å². The maximum absolute atomic E-state index is 12.1. The molecule has 0 bridgehead atoms. The van der Waals surface area contributed by atoms with E-state index < -0.39 is 0 Å². The number of H-pyrrole nitrogens is 1. The van der Waals surface area contributed by atoms with Crippen molar-refractivity contribution in [2.75, 3.05) is 19.6 Å². The number of amides is 1. The van der Waals surface area contributed by atoms with Gasteiger partial charge in [0.25, 0.3) is 0 Å². The van der Waals surface area contributed by atoms with Crippen molar-refractivity contribution in [2.45, 2.75) is 25.3 Å². The van der Waals surface area contributed by atoms with Gasteiger partial charge in [-0.3, -0.25) is 4.79 Å². The van der Waals surface area contributed by atoms with Crippen LogP contribution in [-0.2, 0) is 4.79 Å². The van der Waals surface area contributed by atoms with Crippen LogP contribution < -0.4 is 5.32 Å². The van der Waals surface area contributed by atoms with E-state index in [1.807, 2.05) is 29.3 Å². The topological polar surface area (TPSA) is 61.0 Å². The summed E-state index contributed by atoms with van der Waals surface area (Å²) in [5.74, 6) is 1.12. The van der Waals surface area contributed by atoms with Gasteiger partial charge in [-0.15, -0.1) is 0 Å². The molecule has 1 saturated heterocycles. The highest BCUT2D eigenvalue weighted by Crippen LogP contribution is 2.18. The van der Waals surface area contributed by atoms with Crippen LogP contribution in [0.5, 0.6) is 0 Å². The van der Waals surface area contributed by atoms with Crippen LogP contribution >= 0.6 is 0 Å². The summed E-state index contributed by atoms with van der Waals surface area (Å²) in [5.41, 5.74) is 1.14. The molecule has 1 fully saturated rings. The molecule has 2 aromatic rings. The molecule has 0 aliphatic carbocycles. The number of hydrogen-bond acceptors (Lipinski definition) is 3. The molecule has 2 N–H and O–H groups in total. The van der Waals surface area contributed by atoms with Crippen molar-refractivity contribution in [1.82, 2.24) is 20.2 Å². The molecule has 5 nitrogen and oxygen atoms in total. The highest BCUT2D eigenvalue weighted by Gasteiger charge is 2.19. The van der Waals surface area contributed by atoms with Gasteiger partial charge in [0.1, 0.15) is 5.82 Å². The Balaban J connectivity index is 1.60. The van der Waals surface area contributed by atoms with Crippen molar-refractivity contribution in [3.05, 3.63) is 54.1 Å². The van der Waals surface area contributed by atoms with Crippen LogP contribution in [0.4, 0.5) is 0 Å². The third-order valence-electron chi connectivity index (χ3n) is 4.07. The molecule has 1 aromatic heterocycles. The van der Waals surface area contributed by atoms with E-state index in [-0.39, 0.29) is 11.9 Å². The maximum Gasteiger partial charge on any atom is 0.223 e. The molecule has 1 atom stereocenters. The SMILES string of the molecule is O=C(CCNC(c1ccccc1)c1ncc[nH]1)N1CCCC1. The van der Waals surface area contributed by atoms with E-state index in [0.717, 1.165) is 37.3 Å². The number of benzene rings is 1. The lowest BCUT2D eigenvalue weighted by Gasteiger charge is -2.19. The predicted molar refractivity (Wildman–Crippen MR) is 85.3 cm³/mol. The monoisotopic (exact) mass is 298 g/mol. The summed E-state index contributed by atoms with van der Waals surface area (Å²) in [5, 5.41) is 3.45.